The highest BCUT2D eigenvalue weighted by atomic mass is 15.2. The van der Waals surface area contributed by atoms with Crippen LogP contribution in [0.4, 0.5) is 0 Å². The highest BCUT2D eigenvalue weighted by molar-refractivity contribution is 5.07. The van der Waals surface area contributed by atoms with Gasteiger partial charge in [-0.2, -0.15) is 5.10 Å². The van der Waals surface area contributed by atoms with Gasteiger partial charge in [0.05, 0.1) is 6.04 Å². The minimum atomic E-state index is -0.164. The van der Waals surface area contributed by atoms with Gasteiger partial charge in [0.1, 0.15) is 12.2 Å². The molecule has 0 radical (unpaired) electrons. The van der Waals surface area contributed by atoms with Gasteiger partial charge in [0.25, 0.3) is 0 Å². The first-order valence-electron chi connectivity index (χ1n) is 3.46. The third-order valence-electron chi connectivity index (χ3n) is 1.26. The van der Waals surface area contributed by atoms with Crippen molar-refractivity contribution in [3.8, 4) is 0 Å². The lowest BCUT2D eigenvalue weighted by Crippen LogP contribution is -2.09. The highest BCUT2D eigenvalue weighted by Gasteiger charge is 2.03. The molecule has 1 aromatic rings. The van der Waals surface area contributed by atoms with Crippen LogP contribution >= 0.6 is 0 Å². The van der Waals surface area contributed by atoms with Gasteiger partial charge >= 0.3 is 0 Å². The van der Waals surface area contributed by atoms with Crippen molar-refractivity contribution in [2.45, 2.75) is 19.9 Å². The fourth-order valence-corrected chi connectivity index (χ4v) is 0.814. The molecule has 0 aromatic carbocycles. The van der Waals surface area contributed by atoms with Crippen molar-refractivity contribution < 1.29 is 0 Å². The Bertz CT molecular complexity index is 233. The Morgan fingerprint density at radius 1 is 1.73 bits per heavy atom. The summed E-state index contributed by atoms with van der Waals surface area (Å²) in [6.07, 6.45) is 3.38. The topological polar surface area (TPSA) is 67.6 Å². The maximum Gasteiger partial charge on any atom is 0.145 e. The lowest BCUT2D eigenvalue weighted by Gasteiger charge is -2.01. The molecule has 3 N–H and O–H groups in total. The largest absolute Gasteiger partial charge is 0.318 e. The van der Waals surface area contributed by atoms with E-state index in [0.717, 1.165) is 0 Å². The van der Waals surface area contributed by atoms with E-state index in [1.165, 1.54) is 11.9 Å². The van der Waals surface area contributed by atoms with Crippen LogP contribution < -0.4 is 5.73 Å². The molecule has 1 aromatic heterocycles. The summed E-state index contributed by atoms with van der Waals surface area (Å²) in [7, 11) is 0. The predicted molar refractivity (Wildman–Crippen MR) is 42.7 cm³/mol. The monoisotopic (exact) mass is 152 g/mol. The fraction of sp³-hybridized carbons (Fsp3) is 0.429. The third-order valence-corrected chi connectivity index (χ3v) is 1.26. The smallest absolute Gasteiger partial charge is 0.145 e. The van der Waals surface area contributed by atoms with Crippen molar-refractivity contribution in [2.24, 2.45) is 5.73 Å². The van der Waals surface area contributed by atoms with E-state index in [-0.39, 0.29) is 6.04 Å². The summed E-state index contributed by atoms with van der Waals surface area (Å²) in [4.78, 5) is 3.93. The molecule has 0 spiro atoms. The van der Waals surface area contributed by atoms with E-state index >= 15 is 0 Å². The zero-order valence-electron chi connectivity index (χ0n) is 6.70. The Labute approximate surface area is 65.5 Å². The molecular formula is C7H12N4. The van der Waals surface area contributed by atoms with Crippen molar-refractivity contribution in [2.75, 3.05) is 0 Å². The maximum absolute atomic E-state index is 5.73. The van der Waals surface area contributed by atoms with Crippen LogP contribution in [0.15, 0.2) is 18.0 Å². The molecular weight excluding hydrogens is 140 g/mol. The molecule has 0 fully saturated rings. The molecule has 0 amide bonds. The van der Waals surface area contributed by atoms with E-state index in [1.54, 1.807) is 0 Å². The molecule has 0 aliphatic carbocycles. The van der Waals surface area contributed by atoms with Gasteiger partial charge in [-0.15, -0.1) is 0 Å². The Hall–Kier alpha value is -1.16. The minimum absolute atomic E-state index is 0.164. The molecule has 0 saturated heterocycles. The van der Waals surface area contributed by atoms with E-state index in [0.29, 0.717) is 5.82 Å². The van der Waals surface area contributed by atoms with Gasteiger partial charge in [-0.1, -0.05) is 11.6 Å². The normalized spacial score (nSPS) is 12.6. The third kappa shape index (κ3) is 2.16. The number of rotatable bonds is 2. The summed E-state index contributed by atoms with van der Waals surface area (Å²) in [6, 6.07) is -0.164. The lowest BCUT2D eigenvalue weighted by atomic mass is 10.2. The van der Waals surface area contributed by atoms with Crippen LogP contribution in [-0.2, 0) is 0 Å². The van der Waals surface area contributed by atoms with E-state index in [9.17, 15) is 0 Å². The number of H-pyrrole nitrogens is 1. The Morgan fingerprint density at radius 3 is 2.91 bits per heavy atom. The van der Waals surface area contributed by atoms with Crippen LogP contribution in [0.1, 0.15) is 25.7 Å². The zero-order chi connectivity index (χ0) is 8.27. The number of hydrogen-bond donors (Lipinski definition) is 2. The summed E-state index contributed by atoms with van der Waals surface area (Å²) in [5.41, 5.74) is 6.91. The van der Waals surface area contributed by atoms with Crippen LogP contribution in [-0.4, -0.2) is 15.2 Å². The molecule has 0 aliphatic heterocycles. The predicted octanol–water partition coefficient (Wildman–Crippen LogP) is 0.771. The second-order valence-electron chi connectivity index (χ2n) is 2.64. The summed E-state index contributed by atoms with van der Waals surface area (Å²) in [5, 5.41) is 6.42. The average molecular weight is 152 g/mol. The highest BCUT2D eigenvalue weighted by Crippen LogP contribution is 2.05. The number of nitrogens with zero attached hydrogens (tertiary/aromatic N) is 2. The van der Waals surface area contributed by atoms with Gasteiger partial charge in [-0.3, -0.25) is 5.10 Å². The molecule has 1 unspecified atom stereocenters. The standard InChI is InChI=1S/C7H12N4/c1-5(2)3-6(8)7-9-4-10-11-7/h3-4,6H,8H2,1-2H3,(H,9,10,11). The molecule has 4 heteroatoms. The summed E-state index contributed by atoms with van der Waals surface area (Å²) >= 11 is 0. The second-order valence-corrected chi connectivity index (χ2v) is 2.64. The first-order chi connectivity index (χ1) is 5.20. The minimum Gasteiger partial charge on any atom is -0.318 e. The average Bonchev–Trinajstić information content (AvgIpc) is 2.35. The van der Waals surface area contributed by atoms with Crippen LogP contribution in [0.3, 0.4) is 0 Å². The fourth-order valence-electron chi connectivity index (χ4n) is 0.814. The molecule has 0 bridgehead atoms. The Morgan fingerprint density at radius 2 is 2.45 bits per heavy atom. The second kappa shape index (κ2) is 3.30. The number of aromatic nitrogens is 3. The molecule has 0 aliphatic rings. The van der Waals surface area contributed by atoms with E-state index < -0.39 is 0 Å². The van der Waals surface area contributed by atoms with Crippen molar-refractivity contribution in [1.29, 1.82) is 0 Å². The van der Waals surface area contributed by atoms with Gasteiger partial charge < -0.3 is 5.73 Å². The van der Waals surface area contributed by atoms with E-state index in [1.807, 2.05) is 19.9 Å². The van der Waals surface area contributed by atoms with Crippen molar-refractivity contribution in [3.05, 3.63) is 23.8 Å². The first-order valence-corrected chi connectivity index (χ1v) is 3.46. The van der Waals surface area contributed by atoms with Gasteiger partial charge in [-0.05, 0) is 13.8 Å². The number of nitrogens with one attached hydrogen (secondary N) is 1. The van der Waals surface area contributed by atoms with Crippen molar-refractivity contribution in [1.82, 2.24) is 15.2 Å². The van der Waals surface area contributed by atoms with E-state index in [2.05, 4.69) is 15.2 Å². The van der Waals surface area contributed by atoms with Gasteiger partial charge in [0.15, 0.2) is 0 Å². The quantitative estimate of drug-likeness (QED) is 0.615. The number of hydrogen-bond acceptors (Lipinski definition) is 3. The van der Waals surface area contributed by atoms with Crippen molar-refractivity contribution >= 4 is 0 Å². The van der Waals surface area contributed by atoms with Crippen molar-refractivity contribution in [3.63, 3.8) is 0 Å². The lowest BCUT2D eigenvalue weighted by molar-refractivity contribution is 0.807. The molecule has 1 rings (SSSR count). The Balaban J connectivity index is 2.71. The first kappa shape index (κ1) is 7.94. The van der Waals surface area contributed by atoms with Crippen LogP contribution in [0, 0.1) is 0 Å². The molecule has 11 heavy (non-hydrogen) atoms. The summed E-state index contributed by atoms with van der Waals surface area (Å²) in [6.45, 7) is 3.99. The summed E-state index contributed by atoms with van der Waals surface area (Å²) < 4.78 is 0. The number of allylic oxidation sites excluding steroid dienone is 1. The van der Waals surface area contributed by atoms with Gasteiger partial charge in [-0.25, -0.2) is 4.98 Å². The van der Waals surface area contributed by atoms with Crippen LogP contribution in [0.25, 0.3) is 0 Å². The van der Waals surface area contributed by atoms with E-state index in [4.69, 9.17) is 5.73 Å². The molecule has 60 valence electrons. The number of aromatic amines is 1. The van der Waals surface area contributed by atoms with Gasteiger partial charge in [0.2, 0.25) is 0 Å². The molecule has 0 saturated carbocycles. The summed E-state index contributed by atoms with van der Waals surface area (Å²) in [5.74, 6) is 0.700. The van der Waals surface area contributed by atoms with Gasteiger partial charge in [0, 0.05) is 0 Å². The molecule has 4 nitrogen and oxygen atoms in total. The van der Waals surface area contributed by atoms with Crippen LogP contribution in [0.5, 0.6) is 0 Å². The maximum atomic E-state index is 5.73. The Kier molecular flexibility index (Phi) is 2.38. The zero-order valence-corrected chi connectivity index (χ0v) is 6.70. The SMILES string of the molecule is CC(C)=CC(N)c1ncn[nH]1. The molecule has 1 atom stereocenters. The molecule has 1 heterocycles. The van der Waals surface area contributed by atoms with Crippen LogP contribution in [0.2, 0.25) is 0 Å². The number of nitrogens with two attached hydrogens (primary N) is 1.